The Balaban J connectivity index is 1.50. The van der Waals surface area contributed by atoms with E-state index in [2.05, 4.69) is 29.4 Å². The highest BCUT2D eigenvalue weighted by molar-refractivity contribution is 5.98. The number of aromatic nitrogens is 1. The Kier molecular flexibility index (Phi) is 4.27. The van der Waals surface area contributed by atoms with Crippen LogP contribution in [0.5, 0.6) is 0 Å². The van der Waals surface area contributed by atoms with Crippen LogP contribution < -0.4 is 0 Å². The van der Waals surface area contributed by atoms with Crippen LogP contribution in [-0.2, 0) is 11.3 Å². The lowest BCUT2D eigenvalue weighted by Gasteiger charge is -2.50. The van der Waals surface area contributed by atoms with E-state index in [9.17, 15) is 4.79 Å². The van der Waals surface area contributed by atoms with Gasteiger partial charge in [0.2, 0.25) is 5.78 Å². The third-order valence-electron chi connectivity index (χ3n) is 6.43. The summed E-state index contributed by atoms with van der Waals surface area (Å²) < 4.78 is 9.08. The van der Waals surface area contributed by atoms with Crippen molar-refractivity contribution in [3.63, 3.8) is 0 Å². The number of aryl methyl sites for hydroxylation is 1. The van der Waals surface area contributed by atoms with Crippen LogP contribution in [0.2, 0.25) is 0 Å². The Morgan fingerprint density at radius 1 is 1.25 bits per heavy atom. The summed E-state index contributed by atoms with van der Waals surface area (Å²) in [6.45, 7) is 13.6. The molecule has 1 aromatic heterocycles. The molecule has 1 atom stereocenters. The summed E-state index contributed by atoms with van der Waals surface area (Å²) >= 11 is 0. The monoisotopic (exact) mass is 332 g/mol. The topological polar surface area (TPSA) is 34.5 Å². The first-order valence-electron chi connectivity index (χ1n) is 9.45. The van der Waals surface area contributed by atoms with Gasteiger partial charge in [-0.1, -0.05) is 0 Å². The standard InChI is InChI=1S/C19H30N3O2/c1-15-12-18(16(2)21(15)13-17-4-3-11-24-17)19(23)14-22-8-5-20(6-9-22)7-10-22/h12,17H,3-11,13-14H2,1-2H3/q+1/t17-/m1/s1. The number of hydrogen-bond donors (Lipinski definition) is 0. The van der Waals surface area contributed by atoms with Crippen LogP contribution >= 0.6 is 0 Å². The molecule has 132 valence electrons. The van der Waals surface area contributed by atoms with E-state index in [0.717, 1.165) is 81.0 Å². The summed E-state index contributed by atoms with van der Waals surface area (Å²) in [4.78, 5) is 15.6. The van der Waals surface area contributed by atoms with Crippen molar-refractivity contribution < 1.29 is 14.0 Å². The molecule has 0 amide bonds. The third-order valence-corrected chi connectivity index (χ3v) is 6.43. The molecule has 4 saturated heterocycles. The van der Waals surface area contributed by atoms with Gasteiger partial charge in [-0.15, -0.1) is 0 Å². The van der Waals surface area contributed by atoms with Gasteiger partial charge < -0.3 is 13.8 Å². The van der Waals surface area contributed by atoms with E-state index in [1.165, 1.54) is 5.69 Å². The Bertz CT molecular complexity index is 609. The predicted molar refractivity (Wildman–Crippen MR) is 93.4 cm³/mol. The summed E-state index contributed by atoms with van der Waals surface area (Å²) in [5.74, 6) is 0.331. The molecule has 0 unspecified atom stereocenters. The van der Waals surface area contributed by atoms with Gasteiger partial charge in [-0.2, -0.15) is 0 Å². The number of piperazine rings is 3. The number of fused-ring (bicyclic) bond motifs is 3. The van der Waals surface area contributed by atoms with Gasteiger partial charge in [-0.3, -0.25) is 9.69 Å². The highest BCUT2D eigenvalue weighted by Crippen LogP contribution is 2.24. The first-order valence-corrected chi connectivity index (χ1v) is 9.45. The van der Waals surface area contributed by atoms with Gasteiger partial charge in [0.15, 0.2) is 0 Å². The van der Waals surface area contributed by atoms with Crippen LogP contribution in [0.15, 0.2) is 6.07 Å². The molecule has 4 fully saturated rings. The van der Waals surface area contributed by atoms with Crippen molar-refractivity contribution in [3.05, 3.63) is 23.0 Å². The van der Waals surface area contributed by atoms with E-state index in [1.807, 2.05) is 0 Å². The quantitative estimate of drug-likeness (QED) is 0.607. The fraction of sp³-hybridized carbons (Fsp3) is 0.737. The average Bonchev–Trinajstić information content (AvgIpc) is 3.20. The van der Waals surface area contributed by atoms with E-state index in [0.29, 0.717) is 18.4 Å². The largest absolute Gasteiger partial charge is 0.376 e. The second-order valence-corrected chi connectivity index (χ2v) is 7.97. The maximum atomic E-state index is 13.0. The molecule has 5 nitrogen and oxygen atoms in total. The summed E-state index contributed by atoms with van der Waals surface area (Å²) in [5, 5.41) is 0. The summed E-state index contributed by atoms with van der Waals surface area (Å²) in [7, 11) is 0. The van der Waals surface area contributed by atoms with Gasteiger partial charge in [0.05, 0.1) is 25.7 Å². The average molecular weight is 332 g/mol. The molecule has 5 heteroatoms. The fourth-order valence-electron chi connectivity index (χ4n) is 4.71. The Hall–Kier alpha value is -1.17. The zero-order valence-corrected chi connectivity index (χ0v) is 15.1. The molecule has 4 aliphatic rings. The lowest BCUT2D eigenvalue weighted by atomic mass is 10.1. The number of ether oxygens (including phenoxy) is 1. The van der Waals surface area contributed by atoms with Gasteiger partial charge in [0, 0.05) is 49.7 Å². The molecule has 24 heavy (non-hydrogen) atoms. The number of carbonyl (C=O) groups is 1. The Labute approximate surface area is 144 Å². The van der Waals surface area contributed by atoms with Crippen LogP contribution in [0.1, 0.15) is 34.6 Å². The maximum absolute atomic E-state index is 13.0. The molecular formula is C19H30N3O2+. The highest BCUT2D eigenvalue weighted by atomic mass is 16.5. The van der Waals surface area contributed by atoms with Gasteiger partial charge in [0.25, 0.3) is 0 Å². The number of quaternary nitrogens is 1. The minimum absolute atomic E-state index is 0.315. The smallest absolute Gasteiger partial charge is 0.218 e. The Morgan fingerprint density at radius 2 is 1.96 bits per heavy atom. The van der Waals surface area contributed by atoms with Gasteiger partial charge in [-0.25, -0.2) is 0 Å². The van der Waals surface area contributed by atoms with Gasteiger partial charge in [0.1, 0.15) is 6.54 Å². The van der Waals surface area contributed by atoms with Gasteiger partial charge >= 0.3 is 0 Å². The molecule has 1 aromatic rings. The molecule has 5 heterocycles. The summed E-state index contributed by atoms with van der Waals surface area (Å²) in [6.07, 6.45) is 2.61. The zero-order valence-electron chi connectivity index (χ0n) is 15.1. The maximum Gasteiger partial charge on any atom is 0.218 e. The lowest BCUT2D eigenvalue weighted by Crippen LogP contribution is -2.68. The number of rotatable bonds is 5. The van der Waals surface area contributed by atoms with Crippen molar-refractivity contribution in [1.82, 2.24) is 9.47 Å². The number of Topliss-reactive ketones (excluding diaryl/α,β-unsaturated/α-hetero) is 1. The number of ketones is 1. The molecule has 2 bridgehead atoms. The Morgan fingerprint density at radius 3 is 2.58 bits per heavy atom. The molecular weight excluding hydrogens is 302 g/mol. The van der Waals surface area contributed by atoms with E-state index in [-0.39, 0.29) is 0 Å². The predicted octanol–water partition coefficient (Wildman–Crippen LogP) is 1.61. The zero-order chi connectivity index (χ0) is 16.7. The number of hydrogen-bond acceptors (Lipinski definition) is 3. The fourth-order valence-corrected chi connectivity index (χ4v) is 4.71. The normalized spacial score (nSPS) is 32.4. The second-order valence-electron chi connectivity index (χ2n) is 7.97. The molecule has 0 saturated carbocycles. The molecule has 0 aliphatic carbocycles. The lowest BCUT2D eigenvalue weighted by molar-refractivity contribution is -0.933. The van der Waals surface area contributed by atoms with Crippen molar-refractivity contribution in [2.75, 3.05) is 52.4 Å². The first-order chi connectivity index (χ1) is 11.6. The van der Waals surface area contributed by atoms with Crippen LogP contribution in [0.3, 0.4) is 0 Å². The van der Waals surface area contributed by atoms with Crippen LogP contribution in [0.4, 0.5) is 0 Å². The third kappa shape index (κ3) is 2.93. The molecule has 0 N–H and O–H groups in total. The van der Waals surface area contributed by atoms with Crippen molar-refractivity contribution in [2.45, 2.75) is 39.3 Å². The first kappa shape index (κ1) is 16.3. The molecule has 5 rings (SSSR count). The number of nitrogens with zero attached hydrogens (tertiary/aromatic N) is 3. The van der Waals surface area contributed by atoms with E-state index >= 15 is 0 Å². The van der Waals surface area contributed by atoms with Crippen molar-refractivity contribution in [3.8, 4) is 0 Å². The van der Waals surface area contributed by atoms with Gasteiger partial charge in [-0.05, 0) is 32.8 Å². The van der Waals surface area contributed by atoms with Crippen LogP contribution in [-0.4, -0.2) is 78.3 Å². The van der Waals surface area contributed by atoms with Crippen LogP contribution in [0, 0.1) is 13.8 Å². The minimum Gasteiger partial charge on any atom is -0.376 e. The second kappa shape index (κ2) is 6.28. The molecule has 0 radical (unpaired) electrons. The van der Waals surface area contributed by atoms with Crippen molar-refractivity contribution in [2.24, 2.45) is 0 Å². The van der Waals surface area contributed by atoms with Crippen molar-refractivity contribution >= 4 is 5.78 Å². The molecule has 4 aliphatic heterocycles. The van der Waals surface area contributed by atoms with E-state index in [1.54, 1.807) is 0 Å². The summed E-state index contributed by atoms with van der Waals surface area (Å²) in [5.41, 5.74) is 3.25. The summed E-state index contributed by atoms with van der Waals surface area (Å²) in [6, 6.07) is 2.10. The number of carbonyl (C=O) groups excluding carboxylic acids is 1. The SMILES string of the molecule is Cc1cc(C(=O)C[N+]23CCN(CC2)CC3)c(C)n1C[C@H]1CCCO1. The van der Waals surface area contributed by atoms with E-state index < -0.39 is 0 Å². The molecule has 0 aromatic carbocycles. The molecule has 0 spiro atoms. The minimum atomic E-state index is 0.315. The highest BCUT2D eigenvalue weighted by Gasteiger charge is 2.40. The van der Waals surface area contributed by atoms with Crippen molar-refractivity contribution in [1.29, 1.82) is 0 Å². The van der Waals surface area contributed by atoms with Crippen LogP contribution in [0.25, 0.3) is 0 Å². The van der Waals surface area contributed by atoms with E-state index in [4.69, 9.17) is 4.74 Å².